The molecule has 2 heteroatoms. The Morgan fingerprint density at radius 3 is 2.00 bits per heavy atom. The minimum atomic E-state index is 0.156. The molecule has 0 aromatic carbocycles. The van der Waals surface area contributed by atoms with Gasteiger partial charge < -0.3 is 5.11 Å². The molecular weight excluding hydrogens is 222 g/mol. The summed E-state index contributed by atoms with van der Waals surface area (Å²) in [6.07, 6.45) is 11.9. The maximum Gasteiger partial charge on any atom is 0.0439 e. The predicted octanol–water partition coefficient (Wildman–Crippen LogP) is 4.08. The first kappa shape index (κ1) is 15.2. The molecule has 0 aliphatic heterocycles. The summed E-state index contributed by atoms with van der Waals surface area (Å²) < 4.78 is 0. The van der Waals surface area contributed by atoms with Crippen LogP contribution in [-0.2, 0) is 5.41 Å². The van der Waals surface area contributed by atoms with Crippen molar-refractivity contribution in [2.75, 3.05) is 6.61 Å². The average Bonchev–Trinajstić information content (AvgIpc) is 2.43. The first-order valence-corrected chi connectivity index (χ1v) is 7.30. The fourth-order valence-corrected chi connectivity index (χ4v) is 2.76. The van der Waals surface area contributed by atoms with Gasteiger partial charge in [-0.2, -0.15) is 0 Å². The normalized spacial score (nSPS) is 11.7. The van der Waals surface area contributed by atoms with E-state index in [9.17, 15) is 5.11 Å². The van der Waals surface area contributed by atoms with Crippen molar-refractivity contribution >= 4 is 0 Å². The molecule has 0 bridgehead atoms. The van der Waals surface area contributed by atoms with Crippen molar-refractivity contribution in [2.45, 2.75) is 64.2 Å². The van der Waals surface area contributed by atoms with Crippen LogP contribution in [-0.4, -0.2) is 16.7 Å². The topological polar surface area (TPSA) is 33.1 Å². The van der Waals surface area contributed by atoms with Gasteiger partial charge in [0.15, 0.2) is 0 Å². The second-order valence-electron chi connectivity index (χ2n) is 5.20. The van der Waals surface area contributed by atoms with Gasteiger partial charge in [0.1, 0.15) is 0 Å². The van der Waals surface area contributed by atoms with Crippen LogP contribution in [0.3, 0.4) is 0 Å². The van der Waals surface area contributed by atoms with Crippen molar-refractivity contribution in [2.24, 2.45) is 0 Å². The minimum Gasteiger partial charge on any atom is -0.396 e. The van der Waals surface area contributed by atoms with Crippen LogP contribution in [0.25, 0.3) is 0 Å². The molecule has 1 heterocycles. The molecule has 0 aliphatic rings. The zero-order valence-corrected chi connectivity index (χ0v) is 11.9. The van der Waals surface area contributed by atoms with E-state index in [1.807, 2.05) is 12.4 Å². The zero-order valence-electron chi connectivity index (χ0n) is 11.9. The van der Waals surface area contributed by atoms with Gasteiger partial charge in [0.2, 0.25) is 0 Å². The van der Waals surface area contributed by atoms with Crippen LogP contribution in [0.15, 0.2) is 24.5 Å². The quantitative estimate of drug-likeness (QED) is 0.715. The molecule has 0 fully saturated rings. The Morgan fingerprint density at radius 1 is 1.00 bits per heavy atom. The summed E-state index contributed by atoms with van der Waals surface area (Å²) in [6, 6.07) is 4.25. The highest BCUT2D eigenvalue weighted by atomic mass is 16.3. The number of rotatable bonds is 9. The van der Waals surface area contributed by atoms with E-state index < -0.39 is 0 Å². The first-order valence-electron chi connectivity index (χ1n) is 7.30. The van der Waals surface area contributed by atoms with E-state index >= 15 is 0 Å². The summed E-state index contributed by atoms with van der Waals surface area (Å²) in [6.45, 7) is 4.74. The van der Waals surface area contributed by atoms with Crippen LogP contribution >= 0.6 is 0 Å². The molecule has 0 saturated heterocycles. The second kappa shape index (κ2) is 8.25. The van der Waals surface area contributed by atoms with E-state index in [2.05, 4.69) is 31.0 Å². The molecule has 18 heavy (non-hydrogen) atoms. The molecule has 1 N–H and O–H groups in total. The number of hydrogen-bond donors (Lipinski definition) is 1. The number of unbranched alkanes of at least 4 members (excludes halogenated alkanes) is 2. The number of nitrogens with zero attached hydrogens (tertiary/aromatic N) is 1. The van der Waals surface area contributed by atoms with Gasteiger partial charge >= 0.3 is 0 Å². The molecule has 1 aromatic heterocycles. The third-order valence-corrected chi connectivity index (χ3v) is 3.90. The molecule has 2 nitrogen and oxygen atoms in total. The molecule has 0 unspecified atom stereocenters. The number of aromatic nitrogens is 1. The lowest BCUT2D eigenvalue weighted by molar-refractivity contribution is 0.214. The van der Waals surface area contributed by atoms with E-state index in [4.69, 9.17) is 0 Å². The highest BCUT2D eigenvalue weighted by molar-refractivity contribution is 5.22. The minimum absolute atomic E-state index is 0.156. The van der Waals surface area contributed by atoms with Crippen LogP contribution in [0, 0.1) is 0 Å². The molecule has 0 spiro atoms. The van der Waals surface area contributed by atoms with E-state index in [0.717, 1.165) is 6.42 Å². The van der Waals surface area contributed by atoms with Crippen LogP contribution in [0.2, 0.25) is 0 Å². The molecule has 1 rings (SSSR count). The lowest BCUT2D eigenvalue weighted by Gasteiger charge is -2.34. The van der Waals surface area contributed by atoms with Gasteiger partial charge in [0.05, 0.1) is 0 Å². The maximum absolute atomic E-state index is 9.45. The van der Waals surface area contributed by atoms with Crippen LogP contribution in [0.5, 0.6) is 0 Å². The summed E-state index contributed by atoms with van der Waals surface area (Å²) in [5.41, 5.74) is 1.51. The Morgan fingerprint density at radius 2 is 1.56 bits per heavy atom. The third-order valence-electron chi connectivity index (χ3n) is 3.90. The highest BCUT2D eigenvalue weighted by Gasteiger charge is 2.30. The molecule has 102 valence electrons. The van der Waals surface area contributed by atoms with Crippen molar-refractivity contribution in [1.82, 2.24) is 4.98 Å². The van der Waals surface area contributed by atoms with Crippen molar-refractivity contribution in [3.63, 3.8) is 0 Å². The lowest BCUT2D eigenvalue weighted by Crippen LogP contribution is -2.28. The molecule has 1 aromatic rings. The van der Waals surface area contributed by atoms with Gasteiger partial charge in [0, 0.05) is 19.0 Å². The monoisotopic (exact) mass is 249 g/mol. The summed E-state index contributed by atoms with van der Waals surface area (Å²) in [5.74, 6) is 0. The standard InChI is InChI=1S/C16H27NO/c1-3-5-9-16(11-14-18,10-6-4-2)15-7-12-17-13-8-15/h7-8,12-13,18H,3-6,9-11,14H2,1-2H3. The number of aliphatic hydroxyl groups is 1. The molecular formula is C16H27NO. The Balaban J connectivity index is 2.94. The fourth-order valence-electron chi connectivity index (χ4n) is 2.76. The van der Waals surface area contributed by atoms with E-state index in [1.54, 1.807) is 0 Å². The van der Waals surface area contributed by atoms with Crippen LogP contribution in [0.4, 0.5) is 0 Å². The Hall–Kier alpha value is -0.890. The van der Waals surface area contributed by atoms with Crippen LogP contribution < -0.4 is 0 Å². The van der Waals surface area contributed by atoms with Crippen molar-refractivity contribution in [1.29, 1.82) is 0 Å². The zero-order chi connectivity index (χ0) is 13.3. The predicted molar refractivity (Wildman–Crippen MR) is 76.7 cm³/mol. The highest BCUT2D eigenvalue weighted by Crippen LogP contribution is 2.38. The number of aliphatic hydroxyl groups excluding tert-OH is 1. The van der Waals surface area contributed by atoms with Gasteiger partial charge in [0.25, 0.3) is 0 Å². The third kappa shape index (κ3) is 4.09. The number of pyridine rings is 1. The van der Waals surface area contributed by atoms with Crippen molar-refractivity contribution in [3.8, 4) is 0 Å². The Kier molecular flexibility index (Phi) is 6.96. The summed E-state index contributed by atoms with van der Waals surface area (Å²) in [5, 5.41) is 9.45. The summed E-state index contributed by atoms with van der Waals surface area (Å²) in [7, 11) is 0. The Bertz CT molecular complexity index is 302. The molecule has 0 radical (unpaired) electrons. The lowest BCUT2D eigenvalue weighted by atomic mass is 9.71. The fraction of sp³-hybridized carbons (Fsp3) is 0.688. The second-order valence-corrected chi connectivity index (χ2v) is 5.20. The SMILES string of the molecule is CCCCC(CCO)(CCCC)c1ccncc1. The van der Waals surface area contributed by atoms with Crippen molar-refractivity contribution in [3.05, 3.63) is 30.1 Å². The Labute approximate surface area is 111 Å². The van der Waals surface area contributed by atoms with E-state index in [-0.39, 0.29) is 12.0 Å². The van der Waals surface area contributed by atoms with Gasteiger partial charge in [-0.05, 0) is 42.4 Å². The molecule has 0 saturated carbocycles. The van der Waals surface area contributed by atoms with E-state index in [1.165, 1.54) is 44.1 Å². The first-order chi connectivity index (χ1) is 8.79. The number of hydrogen-bond acceptors (Lipinski definition) is 2. The molecule has 0 aliphatic carbocycles. The molecule has 0 atom stereocenters. The molecule has 0 amide bonds. The van der Waals surface area contributed by atoms with Gasteiger partial charge in [-0.1, -0.05) is 39.5 Å². The van der Waals surface area contributed by atoms with Gasteiger partial charge in [-0.25, -0.2) is 0 Å². The average molecular weight is 249 g/mol. The van der Waals surface area contributed by atoms with Gasteiger partial charge in [-0.3, -0.25) is 4.98 Å². The van der Waals surface area contributed by atoms with E-state index in [0.29, 0.717) is 0 Å². The van der Waals surface area contributed by atoms with Crippen molar-refractivity contribution < 1.29 is 5.11 Å². The summed E-state index contributed by atoms with van der Waals surface area (Å²) in [4.78, 5) is 4.12. The van der Waals surface area contributed by atoms with Gasteiger partial charge in [-0.15, -0.1) is 0 Å². The summed E-state index contributed by atoms with van der Waals surface area (Å²) >= 11 is 0. The maximum atomic E-state index is 9.45. The van der Waals surface area contributed by atoms with Crippen LogP contribution in [0.1, 0.15) is 64.4 Å². The largest absolute Gasteiger partial charge is 0.396 e. The smallest absolute Gasteiger partial charge is 0.0439 e.